The molecule has 90 valence electrons. The number of hydrogen-bond donors (Lipinski definition) is 1. The lowest BCUT2D eigenvalue weighted by molar-refractivity contribution is 0.280. The molecule has 1 atom stereocenters. The van der Waals surface area contributed by atoms with Gasteiger partial charge in [0.05, 0.1) is 10.0 Å². The van der Waals surface area contributed by atoms with E-state index in [1.807, 2.05) is 25.2 Å². The van der Waals surface area contributed by atoms with Crippen molar-refractivity contribution in [3.8, 4) is 0 Å². The van der Waals surface area contributed by atoms with Gasteiger partial charge in [-0.15, -0.1) is 0 Å². The number of nitrogens with one attached hydrogen (secondary N) is 1. The number of rotatable bonds is 3. The molecule has 16 heavy (non-hydrogen) atoms. The molecule has 1 N–H and O–H groups in total. The Labute approximate surface area is 108 Å². The Balaban J connectivity index is 2.91. The van der Waals surface area contributed by atoms with Crippen LogP contribution in [0.5, 0.6) is 0 Å². The fourth-order valence-electron chi connectivity index (χ4n) is 1.77. The molecule has 0 aliphatic rings. The molecule has 0 bridgehead atoms. The summed E-state index contributed by atoms with van der Waals surface area (Å²) in [5, 5.41) is 4.64. The second-order valence-electron chi connectivity index (χ2n) is 5.12. The zero-order valence-electron chi connectivity index (χ0n) is 10.3. The van der Waals surface area contributed by atoms with E-state index in [2.05, 4.69) is 26.1 Å². The van der Waals surface area contributed by atoms with E-state index in [9.17, 15) is 0 Å². The minimum Gasteiger partial charge on any atom is -0.316 e. The lowest BCUT2D eigenvalue weighted by Gasteiger charge is -2.30. The van der Waals surface area contributed by atoms with Gasteiger partial charge in [0.15, 0.2) is 0 Å². The quantitative estimate of drug-likeness (QED) is 0.860. The molecule has 0 aliphatic heterocycles. The molecule has 0 aliphatic carbocycles. The summed E-state index contributed by atoms with van der Waals surface area (Å²) in [6, 6.07) is 6.17. The Morgan fingerprint density at radius 2 is 1.88 bits per heavy atom. The largest absolute Gasteiger partial charge is 0.316 e. The fraction of sp³-hybridized carbons (Fsp3) is 0.538. The minimum atomic E-state index is 0.195. The van der Waals surface area contributed by atoms with Gasteiger partial charge < -0.3 is 5.32 Å². The summed E-state index contributed by atoms with van der Waals surface area (Å²) in [6.45, 7) is 6.64. The Hall–Kier alpha value is -0.240. The van der Waals surface area contributed by atoms with Crippen LogP contribution in [0.1, 0.15) is 26.3 Å². The maximum absolute atomic E-state index is 6.18. The van der Waals surface area contributed by atoms with E-state index >= 15 is 0 Å². The van der Waals surface area contributed by atoms with Gasteiger partial charge in [-0.05, 0) is 30.5 Å². The smallest absolute Gasteiger partial charge is 0.0624 e. The molecule has 0 heterocycles. The molecule has 0 spiro atoms. The molecule has 1 rings (SSSR count). The van der Waals surface area contributed by atoms with Gasteiger partial charge in [0, 0.05) is 6.04 Å². The Kier molecular flexibility index (Phi) is 4.66. The second-order valence-corrected chi connectivity index (χ2v) is 5.91. The van der Waals surface area contributed by atoms with Crippen molar-refractivity contribution in [2.24, 2.45) is 5.41 Å². The molecule has 1 aromatic rings. The van der Waals surface area contributed by atoms with Crippen LogP contribution >= 0.6 is 23.2 Å². The van der Waals surface area contributed by atoms with Crippen molar-refractivity contribution >= 4 is 23.2 Å². The van der Waals surface area contributed by atoms with Crippen molar-refractivity contribution in [3.63, 3.8) is 0 Å². The highest BCUT2D eigenvalue weighted by molar-refractivity contribution is 6.42. The van der Waals surface area contributed by atoms with Crippen molar-refractivity contribution < 1.29 is 0 Å². The fourth-order valence-corrected chi connectivity index (χ4v) is 2.16. The molecule has 1 nitrogen and oxygen atoms in total. The zero-order chi connectivity index (χ0) is 12.3. The monoisotopic (exact) mass is 259 g/mol. The number of benzene rings is 1. The van der Waals surface area contributed by atoms with Gasteiger partial charge in [-0.25, -0.2) is 0 Å². The average molecular weight is 260 g/mol. The van der Waals surface area contributed by atoms with E-state index in [0.717, 1.165) is 12.0 Å². The average Bonchev–Trinajstić information content (AvgIpc) is 2.18. The van der Waals surface area contributed by atoms with Gasteiger partial charge in [0.1, 0.15) is 0 Å². The Morgan fingerprint density at radius 1 is 1.25 bits per heavy atom. The maximum Gasteiger partial charge on any atom is 0.0624 e. The van der Waals surface area contributed by atoms with E-state index < -0.39 is 0 Å². The van der Waals surface area contributed by atoms with Crippen molar-refractivity contribution in [1.29, 1.82) is 0 Å². The number of hydrogen-bond acceptors (Lipinski definition) is 1. The van der Waals surface area contributed by atoms with Crippen LogP contribution in [0.4, 0.5) is 0 Å². The van der Waals surface area contributed by atoms with Crippen molar-refractivity contribution in [1.82, 2.24) is 5.32 Å². The Bertz CT molecular complexity index is 355. The topological polar surface area (TPSA) is 12.0 Å². The second kappa shape index (κ2) is 5.39. The first-order chi connectivity index (χ1) is 7.36. The molecule has 0 saturated carbocycles. The van der Waals surface area contributed by atoms with Crippen LogP contribution < -0.4 is 5.32 Å². The van der Waals surface area contributed by atoms with Gasteiger partial charge in [-0.1, -0.05) is 56.1 Å². The summed E-state index contributed by atoms with van der Waals surface area (Å²) in [6.07, 6.45) is 0.888. The third-order valence-electron chi connectivity index (χ3n) is 2.85. The highest BCUT2D eigenvalue weighted by Crippen LogP contribution is 2.29. The standard InChI is InChI=1S/C13H19Cl2N/c1-13(2,3)11(16-4)8-9-6-5-7-10(14)12(9)15/h5-7,11,16H,8H2,1-4H3. The predicted octanol–water partition coefficient (Wildman–Crippen LogP) is 4.17. The summed E-state index contributed by atoms with van der Waals surface area (Å²) < 4.78 is 0. The first-order valence-electron chi connectivity index (χ1n) is 5.46. The van der Waals surface area contributed by atoms with Crippen LogP contribution in [-0.4, -0.2) is 13.1 Å². The molecule has 0 amide bonds. The third-order valence-corrected chi connectivity index (χ3v) is 3.71. The van der Waals surface area contributed by atoms with Gasteiger partial charge in [-0.2, -0.15) is 0 Å². The summed E-state index contributed by atoms with van der Waals surface area (Å²) in [5.41, 5.74) is 1.30. The lowest BCUT2D eigenvalue weighted by atomic mass is 9.83. The van der Waals surface area contributed by atoms with Gasteiger partial charge >= 0.3 is 0 Å². The first-order valence-corrected chi connectivity index (χ1v) is 6.22. The molecule has 0 radical (unpaired) electrons. The van der Waals surface area contributed by atoms with Crippen LogP contribution in [0.25, 0.3) is 0 Å². The van der Waals surface area contributed by atoms with Gasteiger partial charge in [-0.3, -0.25) is 0 Å². The van der Waals surface area contributed by atoms with Crippen LogP contribution in [0.2, 0.25) is 10.0 Å². The first kappa shape index (κ1) is 13.8. The van der Waals surface area contributed by atoms with E-state index in [1.54, 1.807) is 0 Å². The SMILES string of the molecule is CNC(Cc1cccc(Cl)c1Cl)C(C)(C)C. The van der Waals surface area contributed by atoms with E-state index in [0.29, 0.717) is 16.1 Å². The summed E-state index contributed by atoms with van der Waals surface area (Å²) in [5.74, 6) is 0. The van der Waals surface area contributed by atoms with Crippen LogP contribution in [0.15, 0.2) is 18.2 Å². The molecular weight excluding hydrogens is 241 g/mol. The van der Waals surface area contributed by atoms with Crippen molar-refractivity contribution in [2.45, 2.75) is 33.2 Å². The lowest BCUT2D eigenvalue weighted by Crippen LogP contribution is -2.39. The number of likely N-dealkylation sites (N-methyl/N-ethyl adjacent to an activating group) is 1. The van der Waals surface area contributed by atoms with Gasteiger partial charge in [0.2, 0.25) is 0 Å². The summed E-state index contributed by atoms with van der Waals surface area (Å²) >= 11 is 12.2. The third kappa shape index (κ3) is 3.38. The van der Waals surface area contributed by atoms with Gasteiger partial charge in [0.25, 0.3) is 0 Å². The minimum absolute atomic E-state index is 0.195. The molecule has 0 fully saturated rings. The number of halogens is 2. The predicted molar refractivity (Wildman–Crippen MR) is 72.5 cm³/mol. The summed E-state index contributed by atoms with van der Waals surface area (Å²) in [7, 11) is 1.98. The maximum atomic E-state index is 6.18. The molecule has 1 aromatic carbocycles. The highest BCUT2D eigenvalue weighted by atomic mass is 35.5. The normalized spacial score (nSPS) is 13.9. The summed E-state index contributed by atoms with van der Waals surface area (Å²) in [4.78, 5) is 0. The molecule has 1 unspecified atom stereocenters. The van der Waals surface area contributed by atoms with Crippen molar-refractivity contribution in [2.75, 3.05) is 7.05 Å². The molecule has 0 aromatic heterocycles. The van der Waals surface area contributed by atoms with Crippen molar-refractivity contribution in [3.05, 3.63) is 33.8 Å². The Morgan fingerprint density at radius 3 is 2.38 bits per heavy atom. The van der Waals surface area contributed by atoms with Crippen LogP contribution in [0.3, 0.4) is 0 Å². The zero-order valence-corrected chi connectivity index (χ0v) is 11.8. The molecular formula is C13H19Cl2N. The van der Waals surface area contributed by atoms with E-state index in [1.165, 1.54) is 0 Å². The van der Waals surface area contributed by atoms with Crippen LogP contribution in [0, 0.1) is 5.41 Å². The highest BCUT2D eigenvalue weighted by Gasteiger charge is 2.24. The van der Waals surface area contributed by atoms with Crippen LogP contribution in [-0.2, 0) is 6.42 Å². The van der Waals surface area contributed by atoms with E-state index in [-0.39, 0.29) is 5.41 Å². The molecule has 3 heteroatoms. The van der Waals surface area contributed by atoms with E-state index in [4.69, 9.17) is 23.2 Å². The molecule has 0 saturated heterocycles.